The molecule has 0 aliphatic rings. The van der Waals surface area contributed by atoms with Gasteiger partial charge in [-0.1, -0.05) is 80.6 Å². The van der Waals surface area contributed by atoms with E-state index in [1.807, 2.05) is 72.8 Å². The summed E-state index contributed by atoms with van der Waals surface area (Å²) >= 11 is 0. The molecule has 0 aliphatic heterocycles. The molecular formula is C38H48N4O3. The molecular weight excluding hydrogens is 560 g/mol. The molecule has 0 radical (unpaired) electrons. The van der Waals surface area contributed by atoms with Gasteiger partial charge in [-0.25, -0.2) is 0 Å². The average Bonchev–Trinajstić information content (AvgIpc) is 3.06. The van der Waals surface area contributed by atoms with E-state index < -0.39 is 12.1 Å². The minimum atomic E-state index is -0.798. The molecule has 0 saturated heterocycles. The number of nitrogens with zero attached hydrogens (tertiary/aromatic N) is 1. The van der Waals surface area contributed by atoms with Gasteiger partial charge in [-0.15, -0.1) is 0 Å². The van der Waals surface area contributed by atoms with Gasteiger partial charge in [-0.05, 0) is 80.7 Å². The topological polar surface area (TPSA) is 96.9 Å². The first-order chi connectivity index (χ1) is 21.9. The number of benzene rings is 4. The predicted octanol–water partition coefficient (Wildman–Crippen LogP) is 6.81. The van der Waals surface area contributed by atoms with Crippen molar-refractivity contribution in [3.05, 3.63) is 125 Å². The van der Waals surface area contributed by atoms with E-state index in [2.05, 4.69) is 53.8 Å². The van der Waals surface area contributed by atoms with Crippen molar-refractivity contribution in [3.8, 4) is 5.75 Å². The van der Waals surface area contributed by atoms with Gasteiger partial charge in [0.1, 0.15) is 5.75 Å². The van der Waals surface area contributed by atoms with Crippen LogP contribution in [0.25, 0.3) is 0 Å². The van der Waals surface area contributed by atoms with Crippen LogP contribution >= 0.6 is 0 Å². The standard InChI is InChI=1S/C38H48N4O3/c1-4-22-42(23-5-2)27-32-18-21-34(25-36(32)43)40-33-19-16-31(17-20-33)38(45)41-35(24-29-12-8-6-9-13-29)37(44)26-39-28(3)30-14-10-7-11-15-30/h6-21,25,28,35,37,39-40,43-44H,4-5,22-24,26-27H2,1-3H3,(H,41,45)/t28-,35+,37-/m1/s1. The summed E-state index contributed by atoms with van der Waals surface area (Å²) in [5.41, 5.74) is 5.16. The van der Waals surface area contributed by atoms with Crippen molar-refractivity contribution in [1.29, 1.82) is 0 Å². The highest BCUT2D eigenvalue weighted by molar-refractivity contribution is 5.94. The molecule has 0 bridgehead atoms. The van der Waals surface area contributed by atoms with E-state index in [0.29, 0.717) is 18.5 Å². The molecule has 4 rings (SSSR count). The number of amides is 1. The molecule has 0 spiro atoms. The molecule has 3 atom stereocenters. The van der Waals surface area contributed by atoms with Crippen LogP contribution in [0.3, 0.4) is 0 Å². The molecule has 0 unspecified atom stereocenters. The molecule has 0 saturated carbocycles. The second-order valence-corrected chi connectivity index (χ2v) is 11.7. The van der Waals surface area contributed by atoms with E-state index in [4.69, 9.17) is 0 Å². The summed E-state index contributed by atoms with van der Waals surface area (Å²) in [6.45, 7) is 9.46. The molecule has 7 heteroatoms. The number of nitrogens with one attached hydrogen (secondary N) is 3. The Morgan fingerprint density at radius 3 is 2.07 bits per heavy atom. The van der Waals surface area contributed by atoms with Crippen LogP contribution in [0.4, 0.5) is 11.4 Å². The van der Waals surface area contributed by atoms with Gasteiger partial charge >= 0.3 is 0 Å². The highest BCUT2D eigenvalue weighted by atomic mass is 16.3. The molecule has 5 N–H and O–H groups in total. The first-order valence-corrected chi connectivity index (χ1v) is 16.1. The molecule has 1 amide bonds. The average molecular weight is 609 g/mol. The van der Waals surface area contributed by atoms with Gasteiger partial charge in [0.05, 0.1) is 12.1 Å². The number of phenolic OH excluding ortho intramolecular Hbond substituents is 1. The number of hydrogen-bond acceptors (Lipinski definition) is 6. The van der Waals surface area contributed by atoms with Gasteiger partial charge in [-0.3, -0.25) is 9.69 Å². The summed E-state index contributed by atoms with van der Waals surface area (Å²) in [5.74, 6) is 0.0206. The van der Waals surface area contributed by atoms with E-state index in [-0.39, 0.29) is 17.7 Å². The lowest BCUT2D eigenvalue weighted by Crippen LogP contribution is -2.49. The van der Waals surface area contributed by atoms with Gasteiger partial charge in [0.25, 0.3) is 5.91 Å². The van der Waals surface area contributed by atoms with Crippen molar-refractivity contribution in [1.82, 2.24) is 15.5 Å². The summed E-state index contributed by atoms with van der Waals surface area (Å²) in [5, 5.41) is 31.7. The van der Waals surface area contributed by atoms with E-state index in [1.165, 1.54) is 0 Å². The Bertz CT molecular complexity index is 1440. The zero-order valence-electron chi connectivity index (χ0n) is 26.7. The van der Waals surface area contributed by atoms with Crippen LogP contribution in [0.5, 0.6) is 5.75 Å². The lowest BCUT2D eigenvalue weighted by atomic mass is 10.00. The molecule has 45 heavy (non-hydrogen) atoms. The number of rotatable bonds is 17. The minimum Gasteiger partial charge on any atom is -0.508 e. The second kappa shape index (κ2) is 17.4. The van der Waals surface area contributed by atoms with E-state index in [9.17, 15) is 15.0 Å². The van der Waals surface area contributed by atoms with Gasteiger partial charge in [0, 0.05) is 47.7 Å². The Hall–Kier alpha value is -4.17. The lowest BCUT2D eigenvalue weighted by molar-refractivity contribution is 0.0826. The van der Waals surface area contributed by atoms with Crippen LogP contribution in [0.1, 0.15) is 66.7 Å². The first-order valence-electron chi connectivity index (χ1n) is 16.1. The number of phenols is 1. The predicted molar refractivity (Wildman–Crippen MR) is 184 cm³/mol. The highest BCUT2D eigenvalue weighted by Gasteiger charge is 2.23. The minimum absolute atomic E-state index is 0.0592. The highest BCUT2D eigenvalue weighted by Crippen LogP contribution is 2.26. The SMILES string of the molecule is CCCN(CCC)Cc1ccc(Nc2ccc(C(=O)N[C@@H](Cc3ccccc3)[C@H](O)CN[C@H](C)c3ccccc3)cc2)cc1O. The monoisotopic (exact) mass is 608 g/mol. The summed E-state index contributed by atoms with van der Waals surface area (Å²) in [6.07, 6.45) is 1.86. The molecule has 0 aromatic heterocycles. The molecule has 0 heterocycles. The number of carbonyl (C=O) groups excluding carboxylic acids is 1. The fourth-order valence-electron chi connectivity index (χ4n) is 5.49. The van der Waals surface area contributed by atoms with Crippen LogP contribution in [0.2, 0.25) is 0 Å². The smallest absolute Gasteiger partial charge is 0.251 e. The summed E-state index contributed by atoms with van der Waals surface area (Å²) in [6, 6.07) is 32.4. The third kappa shape index (κ3) is 10.5. The largest absolute Gasteiger partial charge is 0.508 e. The number of hydrogen-bond donors (Lipinski definition) is 5. The van der Waals surface area contributed by atoms with E-state index in [0.717, 1.165) is 60.5 Å². The fraction of sp³-hybridized carbons (Fsp3) is 0.342. The zero-order chi connectivity index (χ0) is 32.0. The third-order valence-electron chi connectivity index (χ3n) is 8.01. The van der Waals surface area contributed by atoms with Crippen molar-refractivity contribution in [2.75, 3.05) is 25.0 Å². The van der Waals surface area contributed by atoms with Gasteiger partial charge in [0.2, 0.25) is 0 Å². The zero-order valence-corrected chi connectivity index (χ0v) is 26.7. The van der Waals surface area contributed by atoms with Gasteiger partial charge in [0.15, 0.2) is 0 Å². The maximum atomic E-state index is 13.3. The normalized spacial score (nSPS) is 13.3. The Morgan fingerprint density at radius 2 is 1.44 bits per heavy atom. The van der Waals surface area contributed by atoms with E-state index >= 15 is 0 Å². The Labute approximate surface area is 268 Å². The van der Waals surface area contributed by atoms with Crippen LogP contribution in [0, 0.1) is 0 Å². The molecule has 4 aromatic carbocycles. The fourth-order valence-corrected chi connectivity index (χ4v) is 5.49. The van der Waals surface area contributed by atoms with Crippen molar-refractivity contribution in [3.63, 3.8) is 0 Å². The lowest BCUT2D eigenvalue weighted by Gasteiger charge is -2.26. The number of anilines is 2. The van der Waals surface area contributed by atoms with Crippen molar-refractivity contribution >= 4 is 17.3 Å². The van der Waals surface area contributed by atoms with Crippen LogP contribution in [-0.4, -0.2) is 52.8 Å². The molecule has 4 aromatic rings. The molecule has 0 fully saturated rings. The molecule has 7 nitrogen and oxygen atoms in total. The molecule has 238 valence electrons. The summed E-state index contributed by atoms with van der Waals surface area (Å²) in [7, 11) is 0. The quantitative estimate of drug-likeness (QED) is 0.0904. The van der Waals surface area contributed by atoms with Gasteiger partial charge in [-0.2, -0.15) is 0 Å². The Morgan fingerprint density at radius 1 is 0.822 bits per heavy atom. The number of carbonyl (C=O) groups is 1. The third-order valence-corrected chi connectivity index (χ3v) is 8.01. The van der Waals surface area contributed by atoms with E-state index in [1.54, 1.807) is 18.2 Å². The summed E-state index contributed by atoms with van der Waals surface area (Å²) < 4.78 is 0. The van der Waals surface area contributed by atoms with Gasteiger partial charge < -0.3 is 26.2 Å². The van der Waals surface area contributed by atoms with Crippen molar-refractivity contribution in [2.24, 2.45) is 0 Å². The maximum absolute atomic E-state index is 13.3. The Kier molecular flexibility index (Phi) is 13.0. The van der Waals surface area contributed by atoms with Crippen molar-refractivity contribution < 1.29 is 15.0 Å². The maximum Gasteiger partial charge on any atom is 0.251 e. The number of aromatic hydroxyl groups is 1. The van der Waals surface area contributed by atoms with Crippen LogP contribution < -0.4 is 16.0 Å². The Balaban J connectivity index is 1.38. The number of aliphatic hydroxyl groups excluding tert-OH is 1. The first kappa shape index (κ1) is 33.7. The van der Waals surface area contributed by atoms with Crippen molar-refractivity contribution in [2.45, 2.75) is 64.8 Å². The summed E-state index contributed by atoms with van der Waals surface area (Å²) in [4.78, 5) is 15.7. The second-order valence-electron chi connectivity index (χ2n) is 11.7. The number of aliphatic hydroxyl groups is 1. The van der Waals surface area contributed by atoms with Crippen LogP contribution in [0.15, 0.2) is 103 Å². The molecule has 0 aliphatic carbocycles. The van der Waals surface area contributed by atoms with Crippen LogP contribution in [-0.2, 0) is 13.0 Å².